The molecule has 1 aromatic heterocycles. The molecule has 0 saturated carbocycles. The highest BCUT2D eigenvalue weighted by Gasteiger charge is 2.26. The Morgan fingerprint density at radius 3 is 2.10 bits per heavy atom. The first-order valence-corrected chi connectivity index (χ1v) is 9.78. The van der Waals surface area contributed by atoms with Crippen LogP contribution in [0.5, 0.6) is 5.75 Å². The van der Waals surface area contributed by atoms with Gasteiger partial charge in [-0.15, -0.1) is 0 Å². The molecule has 0 N–H and O–H groups in total. The number of rotatable bonds is 6. The summed E-state index contributed by atoms with van der Waals surface area (Å²) in [6.07, 6.45) is 0. The van der Waals surface area contributed by atoms with Crippen molar-refractivity contribution in [2.24, 2.45) is 0 Å². The van der Waals surface area contributed by atoms with Crippen LogP contribution in [0.25, 0.3) is 28.3 Å². The van der Waals surface area contributed by atoms with Crippen molar-refractivity contribution >= 4 is 5.97 Å². The highest BCUT2D eigenvalue weighted by atomic mass is 16.5. The number of nitrogens with zero attached hydrogens (tertiary/aromatic N) is 2. The van der Waals surface area contributed by atoms with E-state index in [-0.39, 0.29) is 6.61 Å². The number of esters is 1. The summed E-state index contributed by atoms with van der Waals surface area (Å²) in [6.45, 7) is 2.08. The van der Waals surface area contributed by atoms with E-state index >= 15 is 0 Å². The van der Waals surface area contributed by atoms with Crippen molar-refractivity contribution in [3.05, 3.63) is 90.6 Å². The quantitative estimate of drug-likeness (QED) is 0.409. The third kappa shape index (κ3) is 3.70. The van der Waals surface area contributed by atoms with Crippen molar-refractivity contribution < 1.29 is 14.3 Å². The summed E-state index contributed by atoms with van der Waals surface area (Å²) in [5.41, 5.74) is 3.52. The van der Waals surface area contributed by atoms with E-state index in [1.165, 1.54) is 0 Å². The number of aromatic nitrogens is 2. The molecule has 4 rings (SSSR count). The van der Waals surface area contributed by atoms with Crippen LogP contribution < -0.4 is 4.74 Å². The van der Waals surface area contributed by atoms with E-state index in [4.69, 9.17) is 14.5 Å². The zero-order valence-electron chi connectivity index (χ0n) is 16.9. The van der Waals surface area contributed by atoms with Crippen molar-refractivity contribution in [2.45, 2.75) is 6.92 Å². The van der Waals surface area contributed by atoms with Gasteiger partial charge in [0.2, 0.25) is 0 Å². The fourth-order valence-corrected chi connectivity index (χ4v) is 3.37. The van der Waals surface area contributed by atoms with E-state index in [0.29, 0.717) is 17.2 Å². The van der Waals surface area contributed by atoms with E-state index < -0.39 is 5.97 Å². The van der Waals surface area contributed by atoms with E-state index in [0.717, 1.165) is 22.6 Å². The molecule has 150 valence electrons. The average molecular weight is 398 g/mol. The lowest BCUT2D eigenvalue weighted by molar-refractivity contribution is 0.0518. The average Bonchev–Trinajstić information content (AvgIpc) is 3.21. The molecule has 0 amide bonds. The molecule has 0 unspecified atom stereocenters. The molecule has 0 bridgehead atoms. The Bertz CT molecular complexity index is 1130. The number of imidazole rings is 1. The van der Waals surface area contributed by atoms with Crippen molar-refractivity contribution in [2.75, 3.05) is 13.7 Å². The first kappa shape index (κ1) is 19.5. The van der Waals surface area contributed by atoms with E-state index in [1.807, 2.05) is 89.5 Å². The first-order valence-electron chi connectivity index (χ1n) is 9.78. The molecule has 0 saturated heterocycles. The number of hydrogen-bond donors (Lipinski definition) is 0. The fraction of sp³-hybridized carbons (Fsp3) is 0.120. The molecule has 0 atom stereocenters. The Hall–Kier alpha value is -3.86. The summed E-state index contributed by atoms with van der Waals surface area (Å²) < 4.78 is 12.6. The molecule has 1 heterocycles. The molecule has 5 heteroatoms. The van der Waals surface area contributed by atoms with Crippen LogP contribution in [0.4, 0.5) is 0 Å². The number of benzene rings is 3. The van der Waals surface area contributed by atoms with Crippen molar-refractivity contribution in [3.63, 3.8) is 0 Å². The maximum Gasteiger partial charge on any atom is 0.357 e. The summed E-state index contributed by atoms with van der Waals surface area (Å²) in [4.78, 5) is 18.0. The molecule has 0 fully saturated rings. The number of ether oxygens (including phenoxy) is 2. The summed E-state index contributed by atoms with van der Waals surface area (Å²) in [6, 6.07) is 27.0. The lowest BCUT2D eigenvalue weighted by atomic mass is 10.1. The topological polar surface area (TPSA) is 53.4 Å². The lowest BCUT2D eigenvalue weighted by Gasteiger charge is -2.12. The van der Waals surface area contributed by atoms with Gasteiger partial charge in [-0.3, -0.25) is 4.57 Å². The second-order valence-electron chi connectivity index (χ2n) is 6.62. The fourth-order valence-electron chi connectivity index (χ4n) is 3.37. The van der Waals surface area contributed by atoms with Crippen LogP contribution in [0.3, 0.4) is 0 Å². The highest BCUT2D eigenvalue weighted by molar-refractivity contribution is 5.97. The van der Waals surface area contributed by atoms with Gasteiger partial charge in [0.1, 0.15) is 17.3 Å². The van der Waals surface area contributed by atoms with E-state index in [9.17, 15) is 4.79 Å². The molecule has 0 spiro atoms. The maximum atomic E-state index is 13.1. The van der Waals surface area contributed by atoms with Crippen LogP contribution in [0.2, 0.25) is 0 Å². The van der Waals surface area contributed by atoms with Crippen LogP contribution >= 0.6 is 0 Å². The molecule has 5 nitrogen and oxygen atoms in total. The second-order valence-corrected chi connectivity index (χ2v) is 6.62. The van der Waals surface area contributed by atoms with E-state index in [2.05, 4.69) is 0 Å². The third-order valence-electron chi connectivity index (χ3n) is 4.76. The Labute approximate surface area is 175 Å². The normalized spacial score (nSPS) is 10.6. The van der Waals surface area contributed by atoms with Gasteiger partial charge in [0.25, 0.3) is 0 Å². The van der Waals surface area contributed by atoms with Crippen molar-refractivity contribution in [1.82, 2.24) is 9.55 Å². The standard InChI is InChI=1S/C25H22N2O3/c1-3-30-25(28)23-22(18-14-16-21(29-2)17-15-18)26-24(19-10-6-4-7-11-19)27(23)20-12-8-5-9-13-20/h4-17H,3H2,1-2H3. The number of methoxy groups -OCH3 is 1. The Morgan fingerprint density at radius 1 is 0.867 bits per heavy atom. The molecule has 0 aliphatic rings. The first-order chi connectivity index (χ1) is 14.7. The molecular weight excluding hydrogens is 376 g/mol. The SMILES string of the molecule is CCOC(=O)c1c(-c2ccc(OC)cc2)nc(-c2ccccc2)n1-c1ccccc1. The molecular formula is C25H22N2O3. The minimum Gasteiger partial charge on any atom is -0.497 e. The number of carbonyl (C=O) groups is 1. The number of hydrogen-bond acceptors (Lipinski definition) is 4. The zero-order valence-corrected chi connectivity index (χ0v) is 16.9. The molecule has 0 aliphatic heterocycles. The van der Waals surface area contributed by atoms with Gasteiger partial charge in [-0.1, -0.05) is 48.5 Å². The van der Waals surface area contributed by atoms with Gasteiger partial charge < -0.3 is 9.47 Å². The van der Waals surface area contributed by atoms with Crippen LogP contribution in [-0.2, 0) is 4.74 Å². The van der Waals surface area contributed by atoms with Gasteiger partial charge in [0.05, 0.1) is 13.7 Å². The minimum absolute atomic E-state index is 0.279. The monoisotopic (exact) mass is 398 g/mol. The number of para-hydroxylation sites is 1. The van der Waals surface area contributed by atoms with Crippen LogP contribution in [0.15, 0.2) is 84.9 Å². The van der Waals surface area contributed by atoms with E-state index in [1.54, 1.807) is 14.0 Å². The van der Waals surface area contributed by atoms with Gasteiger partial charge in [0.15, 0.2) is 5.69 Å². The third-order valence-corrected chi connectivity index (χ3v) is 4.76. The lowest BCUT2D eigenvalue weighted by Crippen LogP contribution is -2.13. The molecule has 0 aliphatic carbocycles. The Kier molecular flexibility index (Phi) is 5.61. The molecule has 30 heavy (non-hydrogen) atoms. The van der Waals surface area contributed by atoms with Gasteiger partial charge >= 0.3 is 5.97 Å². The van der Waals surface area contributed by atoms with Gasteiger partial charge in [-0.25, -0.2) is 9.78 Å². The Morgan fingerprint density at radius 2 is 1.50 bits per heavy atom. The van der Waals surface area contributed by atoms with Crippen molar-refractivity contribution in [3.8, 4) is 34.1 Å². The largest absolute Gasteiger partial charge is 0.497 e. The number of carbonyl (C=O) groups excluding carboxylic acids is 1. The van der Waals surface area contributed by atoms with Gasteiger partial charge in [0, 0.05) is 16.8 Å². The van der Waals surface area contributed by atoms with Gasteiger partial charge in [-0.05, 0) is 43.3 Å². The van der Waals surface area contributed by atoms with Crippen molar-refractivity contribution in [1.29, 1.82) is 0 Å². The molecule has 3 aromatic carbocycles. The van der Waals surface area contributed by atoms with Gasteiger partial charge in [-0.2, -0.15) is 0 Å². The predicted molar refractivity (Wildman–Crippen MR) is 117 cm³/mol. The smallest absolute Gasteiger partial charge is 0.357 e. The molecule has 0 radical (unpaired) electrons. The Balaban J connectivity index is 2.02. The summed E-state index contributed by atoms with van der Waals surface area (Å²) in [7, 11) is 1.62. The predicted octanol–water partition coefficient (Wildman–Crippen LogP) is 5.39. The summed E-state index contributed by atoms with van der Waals surface area (Å²) in [5.74, 6) is 1.000. The van der Waals surface area contributed by atoms with Crippen LogP contribution in [0, 0.1) is 0 Å². The zero-order chi connectivity index (χ0) is 20.9. The molecule has 4 aromatic rings. The van der Waals surface area contributed by atoms with Crippen LogP contribution in [-0.4, -0.2) is 29.2 Å². The summed E-state index contributed by atoms with van der Waals surface area (Å²) in [5, 5.41) is 0. The maximum absolute atomic E-state index is 13.1. The highest BCUT2D eigenvalue weighted by Crippen LogP contribution is 2.33. The van der Waals surface area contributed by atoms with Crippen LogP contribution in [0.1, 0.15) is 17.4 Å². The second kappa shape index (κ2) is 8.66. The summed E-state index contributed by atoms with van der Waals surface area (Å²) >= 11 is 0. The minimum atomic E-state index is -0.415.